The SMILES string of the molecule is Cc1cn([C@H]2C[C@H](O)[C@@H](CO)O2)c(=O)[nH]c1=O.N=C=O. The Morgan fingerprint density at radius 1 is 1.60 bits per heavy atom. The van der Waals surface area contributed by atoms with Gasteiger partial charge >= 0.3 is 5.69 Å². The molecule has 3 atom stereocenters. The van der Waals surface area contributed by atoms with Gasteiger partial charge in [0.25, 0.3) is 5.56 Å². The number of aromatic nitrogens is 2. The molecule has 2 rings (SSSR count). The van der Waals surface area contributed by atoms with Crippen molar-refractivity contribution in [3.63, 3.8) is 0 Å². The van der Waals surface area contributed by atoms with E-state index in [0.717, 1.165) is 6.08 Å². The zero-order chi connectivity index (χ0) is 15.3. The van der Waals surface area contributed by atoms with Crippen molar-refractivity contribution in [2.24, 2.45) is 0 Å². The van der Waals surface area contributed by atoms with Gasteiger partial charge in [0.05, 0.1) is 12.7 Å². The van der Waals surface area contributed by atoms with Gasteiger partial charge in [-0.3, -0.25) is 14.3 Å². The maximum Gasteiger partial charge on any atom is 0.330 e. The van der Waals surface area contributed by atoms with E-state index >= 15 is 0 Å². The number of isocyanates is 1. The highest BCUT2D eigenvalue weighted by Crippen LogP contribution is 2.27. The molecule has 0 spiro atoms. The van der Waals surface area contributed by atoms with Crippen molar-refractivity contribution in [3.05, 3.63) is 32.6 Å². The van der Waals surface area contributed by atoms with Crippen molar-refractivity contribution >= 4 is 6.08 Å². The summed E-state index contributed by atoms with van der Waals surface area (Å²) >= 11 is 0. The van der Waals surface area contributed by atoms with Crippen molar-refractivity contribution in [2.45, 2.75) is 31.8 Å². The Hall–Kier alpha value is -2.06. The lowest BCUT2D eigenvalue weighted by molar-refractivity contribution is -0.0459. The molecule has 1 aromatic rings. The molecule has 0 unspecified atom stereocenters. The van der Waals surface area contributed by atoms with Crippen molar-refractivity contribution in [2.75, 3.05) is 6.61 Å². The number of aryl methyl sites for hydroxylation is 1. The lowest BCUT2D eigenvalue weighted by Crippen LogP contribution is -2.33. The third-order valence-corrected chi connectivity index (χ3v) is 2.84. The van der Waals surface area contributed by atoms with Crippen LogP contribution in [0.2, 0.25) is 0 Å². The number of aliphatic hydroxyl groups is 2. The fourth-order valence-corrected chi connectivity index (χ4v) is 1.85. The lowest BCUT2D eigenvalue weighted by atomic mass is 10.2. The van der Waals surface area contributed by atoms with Gasteiger partial charge in [0, 0.05) is 18.2 Å². The summed E-state index contributed by atoms with van der Waals surface area (Å²) in [4.78, 5) is 33.3. The fourth-order valence-electron chi connectivity index (χ4n) is 1.85. The second-order valence-corrected chi connectivity index (χ2v) is 4.20. The highest BCUT2D eigenvalue weighted by Gasteiger charge is 2.34. The molecule has 2 heterocycles. The van der Waals surface area contributed by atoms with Crippen LogP contribution in [0.15, 0.2) is 15.8 Å². The third-order valence-electron chi connectivity index (χ3n) is 2.84. The summed E-state index contributed by atoms with van der Waals surface area (Å²) in [6, 6.07) is 0. The Morgan fingerprint density at radius 3 is 2.70 bits per heavy atom. The number of hydrogen-bond acceptors (Lipinski definition) is 7. The van der Waals surface area contributed by atoms with Crippen LogP contribution in [-0.4, -0.2) is 44.7 Å². The van der Waals surface area contributed by atoms with E-state index in [9.17, 15) is 14.7 Å². The molecule has 0 aliphatic carbocycles. The molecular weight excluding hydrogens is 270 g/mol. The van der Waals surface area contributed by atoms with E-state index in [1.807, 2.05) is 0 Å². The van der Waals surface area contributed by atoms with Crippen LogP contribution in [0.3, 0.4) is 0 Å². The summed E-state index contributed by atoms with van der Waals surface area (Å²) in [5.41, 5.74) is -0.643. The molecule has 4 N–H and O–H groups in total. The molecule has 0 amide bonds. The summed E-state index contributed by atoms with van der Waals surface area (Å²) in [7, 11) is 0. The molecule has 0 radical (unpaired) electrons. The minimum atomic E-state index is -0.816. The lowest BCUT2D eigenvalue weighted by Gasteiger charge is -2.14. The van der Waals surface area contributed by atoms with Crippen LogP contribution in [0.4, 0.5) is 0 Å². The molecule has 9 nitrogen and oxygen atoms in total. The summed E-state index contributed by atoms with van der Waals surface area (Å²) in [5.74, 6) is 0. The van der Waals surface area contributed by atoms with Gasteiger partial charge in [0.2, 0.25) is 6.08 Å². The van der Waals surface area contributed by atoms with Gasteiger partial charge in [-0.25, -0.2) is 15.0 Å². The number of H-pyrrole nitrogens is 1. The summed E-state index contributed by atoms with van der Waals surface area (Å²) in [5, 5.41) is 23.9. The number of carbonyl (C=O) groups excluding carboxylic acids is 1. The van der Waals surface area contributed by atoms with Gasteiger partial charge in [-0.2, -0.15) is 0 Å². The van der Waals surface area contributed by atoms with Crippen LogP contribution < -0.4 is 11.2 Å². The number of aliphatic hydroxyl groups excluding tert-OH is 2. The predicted molar refractivity (Wildman–Crippen MR) is 66.1 cm³/mol. The molecule has 9 heteroatoms. The molecule has 1 aliphatic rings. The molecule has 0 bridgehead atoms. The number of hydrogen-bond donors (Lipinski definition) is 4. The number of ether oxygens (including phenoxy) is 1. The number of nitrogens with zero attached hydrogens (tertiary/aromatic N) is 1. The Balaban J connectivity index is 0.000000612. The highest BCUT2D eigenvalue weighted by atomic mass is 16.5. The Morgan fingerprint density at radius 2 is 2.20 bits per heavy atom. The van der Waals surface area contributed by atoms with Gasteiger partial charge < -0.3 is 14.9 Å². The first-order valence-corrected chi connectivity index (χ1v) is 5.74. The first-order valence-electron chi connectivity index (χ1n) is 5.74. The molecular formula is C11H15N3O6. The highest BCUT2D eigenvalue weighted by molar-refractivity contribution is 5.26. The van der Waals surface area contributed by atoms with Crippen LogP contribution in [0.25, 0.3) is 0 Å². The van der Waals surface area contributed by atoms with E-state index < -0.39 is 29.7 Å². The maximum absolute atomic E-state index is 11.6. The average molecular weight is 285 g/mol. The zero-order valence-corrected chi connectivity index (χ0v) is 10.7. The molecule has 0 saturated carbocycles. The normalized spacial score (nSPS) is 24.6. The van der Waals surface area contributed by atoms with Crippen LogP contribution in [0.5, 0.6) is 0 Å². The molecule has 1 aromatic heterocycles. The maximum atomic E-state index is 11.6. The van der Waals surface area contributed by atoms with Gasteiger partial charge in [-0.05, 0) is 6.92 Å². The molecule has 1 aliphatic heterocycles. The van der Waals surface area contributed by atoms with Crippen LogP contribution in [-0.2, 0) is 9.53 Å². The van der Waals surface area contributed by atoms with E-state index in [1.54, 1.807) is 6.92 Å². The zero-order valence-electron chi connectivity index (χ0n) is 10.7. The molecule has 0 aromatic carbocycles. The van der Waals surface area contributed by atoms with Gasteiger partial charge in [-0.1, -0.05) is 0 Å². The van der Waals surface area contributed by atoms with E-state index in [0.29, 0.717) is 5.56 Å². The van der Waals surface area contributed by atoms with Gasteiger partial charge in [0.1, 0.15) is 12.3 Å². The standard InChI is InChI=1S/C10H14N2O5.CHNO/c1-5-3-12(10(16)11-9(5)15)8-2-6(14)7(4-13)17-8;2-1-3/h3,6-8,13-14H,2,4H2,1H3,(H,11,15,16);2H/t6-,7+,8+;/m0./s1. The minimum absolute atomic E-state index is 0.205. The predicted octanol–water partition coefficient (Wildman–Crippen LogP) is -1.61. The molecule has 110 valence electrons. The van der Waals surface area contributed by atoms with Crippen LogP contribution in [0, 0.1) is 12.3 Å². The fraction of sp³-hybridized carbons (Fsp3) is 0.545. The van der Waals surface area contributed by atoms with Crippen molar-refractivity contribution < 1.29 is 19.7 Å². The second kappa shape index (κ2) is 6.92. The first-order chi connectivity index (χ1) is 9.44. The molecule has 1 fully saturated rings. The summed E-state index contributed by atoms with van der Waals surface area (Å²) < 4.78 is 6.54. The Labute approximate surface area is 113 Å². The molecule has 20 heavy (non-hydrogen) atoms. The van der Waals surface area contributed by atoms with Crippen molar-refractivity contribution in [1.82, 2.24) is 9.55 Å². The number of rotatable bonds is 2. The monoisotopic (exact) mass is 285 g/mol. The largest absolute Gasteiger partial charge is 0.394 e. The van der Waals surface area contributed by atoms with Gasteiger partial charge in [-0.15, -0.1) is 0 Å². The topological polar surface area (TPSA) is 145 Å². The van der Waals surface area contributed by atoms with Gasteiger partial charge in [0.15, 0.2) is 0 Å². The van der Waals surface area contributed by atoms with Crippen LogP contribution >= 0.6 is 0 Å². The van der Waals surface area contributed by atoms with E-state index in [2.05, 4.69) is 4.98 Å². The Bertz CT molecular complexity index is 601. The number of nitrogens with one attached hydrogen (secondary N) is 2. The first kappa shape index (κ1) is 16.0. The quantitative estimate of drug-likeness (QED) is 0.380. The summed E-state index contributed by atoms with van der Waals surface area (Å²) in [6.45, 7) is 1.26. The Kier molecular flexibility index (Phi) is 5.53. The van der Waals surface area contributed by atoms with E-state index in [-0.39, 0.29) is 13.0 Å². The van der Waals surface area contributed by atoms with E-state index in [4.69, 9.17) is 20.0 Å². The number of aromatic amines is 1. The smallest absolute Gasteiger partial charge is 0.330 e. The van der Waals surface area contributed by atoms with Crippen LogP contribution in [0.1, 0.15) is 18.2 Å². The average Bonchev–Trinajstić information content (AvgIpc) is 2.76. The third kappa shape index (κ3) is 3.49. The van der Waals surface area contributed by atoms with Crippen molar-refractivity contribution in [1.29, 1.82) is 5.41 Å². The summed E-state index contributed by atoms with van der Waals surface area (Å²) in [6.07, 6.45) is 0.169. The van der Waals surface area contributed by atoms with Crippen molar-refractivity contribution in [3.8, 4) is 0 Å². The molecule has 1 saturated heterocycles. The van der Waals surface area contributed by atoms with E-state index in [1.165, 1.54) is 10.8 Å². The minimum Gasteiger partial charge on any atom is -0.394 e. The second-order valence-electron chi connectivity index (χ2n) is 4.20.